The van der Waals surface area contributed by atoms with E-state index in [1.54, 1.807) is 0 Å². The first-order valence-corrected chi connectivity index (χ1v) is 7.94. The molecular formula is C15H29N3O2. The topological polar surface area (TPSA) is 44.8 Å². The fourth-order valence-corrected chi connectivity index (χ4v) is 2.73. The van der Waals surface area contributed by atoms with Crippen LogP contribution < -0.4 is 5.32 Å². The second-order valence-corrected chi connectivity index (χ2v) is 6.16. The number of nitrogens with zero attached hydrogens (tertiary/aromatic N) is 2. The summed E-state index contributed by atoms with van der Waals surface area (Å²) in [5.74, 6) is -0.121. The van der Waals surface area contributed by atoms with Crippen molar-refractivity contribution in [2.45, 2.75) is 44.2 Å². The van der Waals surface area contributed by atoms with Crippen LogP contribution in [-0.2, 0) is 9.53 Å². The quantitative estimate of drug-likeness (QED) is 0.631. The average Bonchev–Trinajstić information content (AvgIpc) is 3.12. The molecule has 1 atom stereocenters. The molecule has 5 nitrogen and oxygen atoms in total. The van der Waals surface area contributed by atoms with Crippen molar-refractivity contribution < 1.29 is 9.53 Å². The van der Waals surface area contributed by atoms with Gasteiger partial charge in [0, 0.05) is 19.1 Å². The third-order valence-corrected chi connectivity index (χ3v) is 4.30. The summed E-state index contributed by atoms with van der Waals surface area (Å²) >= 11 is 0. The van der Waals surface area contributed by atoms with Crippen LogP contribution in [0.2, 0.25) is 0 Å². The molecule has 2 rings (SSSR count). The molecule has 0 spiro atoms. The minimum Gasteiger partial charge on any atom is -0.468 e. The summed E-state index contributed by atoms with van der Waals surface area (Å²) in [7, 11) is 3.61. The Kier molecular flexibility index (Phi) is 6.26. The van der Waals surface area contributed by atoms with Crippen LogP contribution in [-0.4, -0.2) is 74.7 Å². The summed E-state index contributed by atoms with van der Waals surface area (Å²) in [6, 6.07) is 0.399. The number of hydrogen-bond donors (Lipinski definition) is 1. The molecule has 0 bridgehead atoms. The number of carbonyl (C=O) groups is 1. The van der Waals surface area contributed by atoms with Gasteiger partial charge in [0.1, 0.15) is 6.04 Å². The largest absolute Gasteiger partial charge is 0.468 e. The average molecular weight is 283 g/mol. The number of carbonyl (C=O) groups excluding carboxylic acids is 1. The smallest absolute Gasteiger partial charge is 0.322 e. The maximum Gasteiger partial charge on any atom is 0.322 e. The van der Waals surface area contributed by atoms with E-state index in [0.29, 0.717) is 6.04 Å². The van der Waals surface area contributed by atoms with Gasteiger partial charge in [-0.2, -0.15) is 0 Å². The minimum atomic E-state index is -0.137. The first-order valence-electron chi connectivity index (χ1n) is 7.94. The summed E-state index contributed by atoms with van der Waals surface area (Å²) in [5.41, 5.74) is 0. The van der Waals surface area contributed by atoms with Crippen molar-refractivity contribution in [1.82, 2.24) is 15.1 Å². The van der Waals surface area contributed by atoms with E-state index >= 15 is 0 Å². The van der Waals surface area contributed by atoms with Gasteiger partial charge in [-0.1, -0.05) is 0 Å². The SMILES string of the molecule is COC(=O)C(CCN(C)CCN1CCCC1)NC1CC1. The summed E-state index contributed by atoms with van der Waals surface area (Å²) < 4.78 is 4.89. The molecule has 0 aromatic carbocycles. The molecule has 1 saturated carbocycles. The molecule has 1 unspecified atom stereocenters. The monoisotopic (exact) mass is 283 g/mol. The molecule has 20 heavy (non-hydrogen) atoms. The molecule has 0 amide bonds. The Morgan fingerprint density at radius 1 is 1.35 bits per heavy atom. The lowest BCUT2D eigenvalue weighted by molar-refractivity contribution is -0.143. The van der Waals surface area contributed by atoms with Gasteiger partial charge in [0.2, 0.25) is 0 Å². The number of nitrogens with one attached hydrogen (secondary N) is 1. The van der Waals surface area contributed by atoms with E-state index in [1.165, 1.54) is 45.9 Å². The van der Waals surface area contributed by atoms with Crippen molar-refractivity contribution in [2.75, 3.05) is 46.9 Å². The lowest BCUT2D eigenvalue weighted by Gasteiger charge is -2.23. The van der Waals surface area contributed by atoms with Gasteiger partial charge in [0.05, 0.1) is 7.11 Å². The summed E-state index contributed by atoms with van der Waals surface area (Å²) in [5, 5.41) is 3.38. The van der Waals surface area contributed by atoms with E-state index in [4.69, 9.17) is 4.74 Å². The van der Waals surface area contributed by atoms with Gasteiger partial charge in [0.15, 0.2) is 0 Å². The van der Waals surface area contributed by atoms with Crippen LogP contribution >= 0.6 is 0 Å². The Morgan fingerprint density at radius 3 is 2.65 bits per heavy atom. The van der Waals surface area contributed by atoms with Crippen LogP contribution in [0, 0.1) is 0 Å². The number of likely N-dealkylation sites (N-methyl/N-ethyl adjacent to an activating group) is 1. The third-order valence-electron chi connectivity index (χ3n) is 4.30. The van der Waals surface area contributed by atoms with Crippen LogP contribution in [0.15, 0.2) is 0 Å². The molecule has 1 aliphatic heterocycles. The number of likely N-dealkylation sites (tertiary alicyclic amines) is 1. The first-order chi connectivity index (χ1) is 9.69. The molecule has 0 aromatic heterocycles. The number of rotatable bonds is 9. The molecule has 116 valence electrons. The van der Waals surface area contributed by atoms with E-state index in [9.17, 15) is 4.79 Å². The zero-order chi connectivity index (χ0) is 14.4. The van der Waals surface area contributed by atoms with Crippen LogP contribution in [0.25, 0.3) is 0 Å². The highest BCUT2D eigenvalue weighted by molar-refractivity contribution is 5.75. The standard InChI is InChI=1S/C15H29N3O2/c1-17(11-12-18-8-3-4-9-18)10-7-14(15(19)20-2)16-13-5-6-13/h13-14,16H,3-12H2,1-2H3. The maximum atomic E-state index is 11.7. The van der Waals surface area contributed by atoms with Crippen LogP contribution in [0.1, 0.15) is 32.1 Å². The van der Waals surface area contributed by atoms with Crippen LogP contribution in [0.3, 0.4) is 0 Å². The van der Waals surface area contributed by atoms with E-state index < -0.39 is 0 Å². The predicted octanol–water partition coefficient (Wildman–Crippen LogP) is 0.698. The molecule has 0 radical (unpaired) electrons. The highest BCUT2D eigenvalue weighted by atomic mass is 16.5. The Balaban J connectivity index is 1.63. The van der Waals surface area contributed by atoms with Crippen molar-refractivity contribution in [2.24, 2.45) is 0 Å². The molecule has 1 saturated heterocycles. The van der Waals surface area contributed by atoms with E-state index in [1.807, 2.05) is 0 Å². The van der Waals surface area contributed by atoms with E-state index in [2.05, 4.69) is 22.2 Å². The molecule has 2 fully saturated rings. The van der Waals surface area contributed by atoms with Crippen molar-refractivity contribution >= 4 is 5.97 Å². The highest BCUT2D eigenvalue weighted by Crippen LogP contribution is 2.20. The third kappa shape index (κ3) is 5.38. The van der Waals surface area contributed by atoms with Crippen molar-refractivity contribution in [3.63, 3.8) is 0 Å². The highest BCUT2D eigenvalue weighted by Gasteiger charge is 2.28. The van der Waals surface area contributed by atoms with Gasteiger partial charge < -0.3 is 19.9 Å². The maximum absolute atomic E-state index is 11.7. The molecular weight excluding hydrogens is 254 g/mol. The zero-order valence-electron chi connectivity index (χ0n) is 12.9. The Bertz CT molecular complexity index is 301. The van der Waals surface area contributed by atoms with Gasteiger partial charge in [-0.15, -0.1) is 0 Å². The van der Waals surface area contributed by atoms with Gasteiger partial charge in [-0.05, 0) is 58.8 Å². The molecule has 1 aliphatic carbocycles. The second-order valence-electron chi connectivity index (χ2n) is 6.16. The molecule has 1 heterocycles. The van der Waals surface area contributed by atoms with E-state index in [-0.39, 0.29) is 12.0 Å². The van der Waals surface area contributed by atoms with Crippen LogP contribution in [0.4, 0.5) is 0 Å². The molecule has 0 aromatic rings. The van der Waals surface area contributed by atoms with Gasteiger partial charge in [-0.25, -0.2) is 0 Å². The zero-order valence-corrected chi connectivity index (χ0v) is 12.9. The lowest BCUT2D eigenvalue weighted by atomic mass is 10.2. The number of ether oxygens (including phenoxy) is 1. The van der Waals surface area contributed by atoms with Crippen molar-refractivity contribution in [3.05, 3.63) is 0 Å². The van der Waals surface area contributed by atoms with Gasteiger partial charge in [-0.3, -0.25) is 4.79 Å². The Morgan fingerprint density at radius 2 is 2.05 bits per heavy atom. The summed E-state index contributed by atoms with van der Waals surface area (Å²) in [6.45, 7) is 5.67. The second kappa shape index (κ2) is 7.96. The number of hydrogen-bond acceptors (Lipinski definition) is 5. The van der Waals surface area contributed by atoms with Gasteiger partial charge >= 0.3 is 5.97 Å². The number of methoxy groups -OCH3 is 1. The summed E-state index contributed by atoms with van der Waals surface area (Å²) in [4.78, 5) is 16.6. The van der Waals surface area contributed by atoms with E-state index in [0.717, 1.165) is 26.1 Å². The van der Waals surface area contributed by atoms with Gasteiger partial charge in [0.25, 0.3) is 0 Å². The van der Waals surface area contributed by atoms with Crippen molar-refractivity contribution in [1.29, 1.82) is 0 Å². The summed E-state index contributed by atoms with van der Waals surface area (Å²) in [6.07, 6.45) is 5.91. The Labute approximate surface area is 122 Å². The Hall–Kier alpha value is -0.650. The first kappa shape index (κ1) is 15.7. The molecule has 5 heteroatoms. The predicted molar refractivity (Wildman–Crippen MR) is 79.7 cm³/mol. The minimum absolute atomic E-state index is 0.121. The van der Waals surface area contributed by atoms with Crippen LogP contribution in [0.5, 0.6) is 0 Å². The van der Waals surface area contributed by atoms with Crippen molar-refractivity contribution in [3.8, 4) is 0 Å². The molecule has 1 N–H and O–H groups in total. The molecule has 2 aliphatic rings. The fraction of sp³-hybridized carbons (Fsp3) is 0.933. The normalized spacial score (nSPS) is 21.4. The fourth-order valence-electron chi connectivity index (χ4n) is 2.73. The number of esters is 1. The lowest BCUT2D eigenvalue weighted by Crippen LogP contribution is -2.42.